The van der Waals surface area contributed by atoms with Crippen LogP contribution in [-0.4, -0.2) is 17.7 Å². The molecule has 0 fully saturated rings. The molecule has 0 saturated carbocycles. The van der Waals surface area contributed by atoms with Crippen molar-refractivity contribution in [1.82, 2.24) is 0 Å². The third-order valence-electron chi connectivity index (χ3n) is 1.95. The van der Waals surface area contributed by atoms with Crippen molar-refractivity contribution in [2.45, 2.75) is 19.8 Å². The molecule has 0 spiro atoms. The molecule has 4 heteroatoms. The highest BCUT2D eigenvalue weighted by molar-refractivity contribution is 9.10. The molecule has 0 amide bonds. The first-order chi connectivity index (χ1) is 7.13. The van der Waals surface area contributed by atoms with Gasteiger partial charge in [0.15, 0.2) is 0 Å². The lowest BCUT2D eigenvalue weighted by Crippen LogP contribution is -2.05. The SMILES string of the molecule is CCOC(=O)CCc1ccc(Br)cc1O. The lowest BCUT2D eigenvalue weighted by Gasteiger charge is -2.04. The van der Waals surface area contributed by atoms with Crippen LogP contribution in [0.15, 0.2) is 22.7 Å². The number of rotatable bonds is 4. The second-order valence-corrected chi connectivity index (χ2v) is 3.99. The predicted octanol–water partition coefficient (Wildman–Crippen LogP) is 2.65. The topological polar surface area (TPSA) is 46.5 Å². The summed E-state index contributed by atoms with van der Waals surface area (Å²) in [6.07, 6.45) is 0.793. The third-order valence-corrected chi connectivity index (χ3v) is 2.44. The van der Waals surface area contributed by atoms with Gasteiger partial charge in [-0.05, 0) is 31.0 Å². The molecule has 0 saturated heterocycles. The van der Waals surface area contributed by atoms with Gasteiger partial charge in [0.2, 0.25) is 0 Å². The number of phenols is 1. The van der Waals surface area contributed by atoms with Gasteiger partial charge in [-0.25, -0.2) is 0 Å². The molecule has 3 nitrogen and oxygen atoms in total. The molecule has 0 aliphatic rings. The van der Waals surface area contributed by atoms with Crippen LogP contribution in [0.2, 0.25) is 0 Å². The van der Waals surface area contributed by atoms with Crippen LogP contribution in [0.1, 0.15) is 18.9 Å². The largest absolute Gasteiger partial charge is 0.508 e. The van der Waals surface area contributed by atoms with Crippen molar-refractivity contribution < 1.29 is 14.6 Å². The average Bonchev–Trinajstić information content (AvgIpc) is 2.17. The number of aromatic hydroxyl groups is 1. The van der Waals surface area contributed by atoms with Gasteiger partial charge in [0.05, 0.1) is 6.61 Å². The number of carbonyl (C=O) groups excluding carboxylic acids is 1. The molecular formula is C11H13BrO3. The van der Waals surface area contributed by atoms with Crippen molar-refractivity contribution in [2.75, 3.05) is 6.61 Å². The summed E-state index contributed by atoms with van der Waals surface area (Å²) in [5.41, 5.74) is 0.756. The van der Waals surface area contributed by atoms with Crippen LogP contribution in [0.5, 0.6) is 5.75 Å². The average molecular weight is 273 g/mol. The van der Waals surface area contributed by atoms with Crippen LogP contribution in [0.3, 0.4) is 0 Å². The first-order valence-corrected chi connectivity index (χ1v) is 5.55. The fraction of sp³-hybridized carbons (Fsp3) is 0.364. The smallest absolute Gasteiger partial charge is 0.306 e. The summed E-state index contributed by atoms with van der Waals surface area (Å²) in [6.45, 7) is 2.17. The minimum Gasteiger partial charge on any atom is -0.508 e. The van der Waals surface area contributed by atoms with Gasteiger partial charge in [-0.3, -0.25) is 4.79 Å². The normalized spacial score (nSPS) is 10.0. The lowest BCUT2D eigenvalue weighted by atomic mass is 10.1. The van der Waals surface area contributed by atoms with Crippen molar-refractivity contribution >= 4 is 21.9 Å². The molecule has 0 aliphatic carbocycles. The molecule has 1 aromatic carbocycles. The number of esters is 1. The zero-order valence-corrected chi connectivity index (χ0v) is 10.1. The van der Waals surface area contributed by atoms with Crippen LogP contribution in [0.25, 0.3) is 0 Å². The monoisotopic (exact) mass is 272 g/mol. The number of benzene rings is 1. The maximum Gasteiger partial charge on any atom is 0.306 e. The van der Waals surface area contributed by atoms with Crippen molar-refractivity contribution in [2.24, 2.45) is 0 Å². The zero-order chi connectivity index (χ0) is 11.3. The van der Waals surface area contributed by atoms with E-state index in [1.807, 2.05) is 6.07 Å². The van der Waals surface area contributed by atoms with E-state index in [1.165, 1.54) is 0 Å². The summed E-state index contributed by atoms with van der Waals surface area (Å²) >= 11 is 3.25. The number of aryl methyl sites for hydroxylation is 1. The van der Waals surface area contributed by atoms with E-state index in [0.717, 1.165) is 10.0 Å². The molecule has 82 valence electrons. The van der Waals surface area contributed by atoms with Crippen molar-refractivity contribution in [1.29, 1.82) is 0 Å². The highest BCUT2D eigenvalue weighted by Gasteiger charge is 2.06. The molecule has 0 atom stereocenters. The standard InChI is InChI=1S/C11H13BrO3/c1-2-15-11(14)6-4-8-3-5-9(12)7-10(8)13/h3,5,7,13H,2,4,6H2,1H3. The summed E-state index contributed by atoms with van der Waals surface area (Å²) in [5, 5.41) is 9.55. The van der Waals surface area contributed by atoms with Gasteiger partial charge in [-0.2, -0.15) is 0 Å². The number of phenolic OH excluding ortho intramolecular Hbond substituents is 1. The first-order valence-electron chi connectivity index (χ1n) is 4.76. The van der Waals surface area contributed by atoms with Gasteiger partial charge < -0.3 is 9.84 Å². The maximum absolute atomic E-state index is 11.1. The van der Waals surface area contributed by atoms with Gasteiger partial charge in [-0.1, -0.05) is 22.0 Å². The fourth-order valence-electron chi connectivity index (χ4n) is 1.22. The van der Waals surface area contributed by atoms with E-state index >= 15 is 0 Å². The molecule has 15 heavy (non-hydrogen) atoms. The number of carbonyl (C=O) groups is 1. The minimum absolute atomic E-state index is 0.202. The van der Waals surface area contributed by atoms with Crippen LogP contribution in [0, 0.1) is 0 Å². The van der Waals surface area contributed by atoms with Crippen molar-refractivity contribution in [3.05, 3.63) is 28.2 Å². The Morgan fingerprint density at radius 3 is 2.87 bits per heavy atom. The van der Waals surface area contributed by atoms with E-state index in [2.05, 4.69) is 15.9 Å². The van der Waals surface area contributed by atoms with Gasteiger partial charge in [0.25, 0.3) is 0 Å². The molecule has 0 aliphatic heterocycles. The Kier molecular flexibility index (Phi) is 4.62. The Morgan fingerprint density at radius 1 is 1.53 bits per heavy atom. The zero-order valence-electron chi connectivity index (χ0n) is 8.50. The van der Waals surface area contributed by atoms with Crippen LogP contribution >= 0.6 is 15.9 Å². The van der Waals surface area contributed by atoms with Crippen LogP contribution in [0.4, 0.5) is 0 Å². The molecule has 1 aromatic rings. The minimum atomic E-state index is -0.236. The quantitative estimate of drug-likeness (QED) is 0.858. The fourth-order valence-corrected chi connectivity index (χ4v) is 1.57. The lowest BCUT2D eigenvalue weighted by molar-refractivity contribution is -0.143. The van der Waals surface area contributed by atoms with Crippen LogP contribution in [-0.2, 0) is 16.0 Å². The van der Waals surface area contributed by atoms with E-state index in [4.69, 9.17) is 4.74 Å². The summed E-state index contributed by atoms with van der Waals surface area (Å²) in [7, 11) is 0. The Morgan fingerprint density at radius 2 is 2.27 bits per heavy atom. The number of halogens is 1. The second kappa shape index (κ2) is 5.75. The van der Waals surface area contributed by atoms with Gasteiger partial charge >= 0.3 is 5.97 Å². The molecule has 0 bridgehead atoms. The van der Waals surface area contributed by atoms with E-state index in [9.17, 15) is 9.90 Å². The second-order valence-electron chi connectivity index (χ2n) is 3.08. The molecule has 0 radical (unpaired) electrons. The molecule has 0 heterocycles. The molecule has 1 rings (SSSR count). The third kappa shape index (κ3) is 3.91. The first kappa shape index (κ1) is 12.0. The van der Waals surface area contributed by atoms with Gasteiger partial charge in [0, 0.05) is 10.9 Å². The molecular weight excluding hydrogens is 260 g/mol. The summed E-state index contributed by atoms with van der Waals surface area (Å²) in [4.78, 5) is 11.1. The molecule has 1 N–H and O–H groups in total. The summed E-state index contributed by atoms with van der Waals surface area (Å²) < 4.78 is 5.62. The van der Waals surface area contributed by atoms with E-state index in [1.54, 1.807) is 19.1 Å². The number of hydrogen-bond donors (Lipinski definition) is 1. The Bertz CT molecular complexity index is 350. The summed E-state index contributed by atoms with van der Waals surface area (Å²) in [5.74, 6) is -0.0338. The Balaban J connectivity index is 2.54. The number of hydrogen-bond acceptors (Lipinski definition) is 3. The van der Waals surface area contributed by atoms with E-state index < -0.39 is 0 Å². The highest BCUT2D eigenvalue weighted by atomic mass is 79.9. The Labute approximate surface area is 97.2 Å². The van der Waals surface area contributed by atoms with E-state index in [0.29, 0.717) is 19.4 Å². The van der Waals surface area contributed by atoms with Gasteiger partial charge in [-0.15, -0.1) is 0 Å². The van der Waals surface area contributed by atoms with Crippen molar-refractivity contribution in [3.63, 3.8) is 0 Å². The number of ether oxygens (including phenoxy) is 1. The van der Waals surface area contributed by atoms with Gasteiger partial charge in [0.1, 0.15) is 5.75 Å². The maximum atomic E-state index is 11.1. The summed E-state index contributed by atoms with van der Waals surface area (Å²) in [6, 6.07) is 5.24. The molecule has 0 unspecified atom stereocenters. The van der Waals surface area contributed by atoms with Crippen LogP contribution < -0.4 is 0 Å². The predicted molar refractivity (Wildman–Crippen MR) is 60.8 cm³/mol. The highest BCUT2D eigenvalue weighted by Crippen LogP contribution is 2.23. The van der Waals surface area contributed by atoms with Crippen molar-refractivity contribution in [3.8, 4) is 5.75 Å². The van der Waals surface area contributed by atoms with E-state index in [-0.39, 0.29) is 11.7 Å². The molecule has 0 aromatic heterocycles. The Hall–Kier alpha value is -1.03.